The molecule has 0 saturated heterocycles. The average Bonchev–Trinajstić information content (AvgIpc) is 3.58. The molecule has 0 bridgehead atoms. The maximum Gasteiger partial charge on any atom is 0.254 e. The molecule has 1 amide bonds. The van der Waals surface area contributed by atoms with Gasteiger partial charge >= 0.3 is 0 Å². The summed E-state index contributed by atoms with van der Waals surface area (Å²) in [7, 11) is 0. The number of nitrogens with zero attached hydrogens (tertiary/aromatic N) is 6. The number of aryl methyl sites for hydroxylation is 1. The molecule has 0 radical (unpaired) electrons. The molecule has 3 heterocycles. The summed E-state index contributed by atoms with van der Waals surface area (Å²) in [5, 5.41) is 18.8. The Morgan fingerprint density at radius 3 is 2.58 bits per heavy atom. The predicted molar refractivity (Wildman–Crippen MR) is 115 cm³/mol. The number of carbonyl (C=O) groups excluding carboxylic acids is 1. The number of amides is 1. The summed E-state index contributed by atoms with van der Waals surface area (Å²) in [6.45, 7) is 6.81. The fourth-order valence-electron chi connectivity index (χ4n) is 3.24. The minimum atomic E-state index is -0.244. The zero-order valence-electron chi connectivity index (χ0n) is 17.9. The lowest BCUT2D eigenvalue weighted by molar-refractivity contribution is -0.121. The second kappa shape index (κ2) is 8.66. The zero-order chi connectivity index (χ0) is 22.0. The predicted octanol–water partition coefficient (Wildman–Crippen LogP) is 1.25. The second-order valence-electron chi connectivity index (χ2n) is 7.82. The van der Waals surface area contributed by atoms with E-state index in [1.165, 1.54) is 17.0 Å². The summed E-state index contributed by atoms with van der Waals surface area (Å²) in [6.07, 6.45) is 3.62. The number of carbonyl (C=O) groups is 1. The standard InChI is InChI=1S/C21H26N8O2/c1-13-14(2)27-29(15(13)3)19-7-6-18(25-26-19)22-8-9-23-20(30)11-28-12-24-17(10-21(28)31)16-4-5-16/h6-7,10,12,16H,4-5,8-9,11H2,1-3H3,(H,22,25)(H,23,30). The van der Waals surface area contributed by atoms with Crippen LogP contribution in [0.1, 0.15) is 41.4 Å². The summed E-state index contributed by atoms with van der Waals surface area (Å²) in [6, 6.07) is 5.20. The van der Waals surface area contributed by atoms with Crippen LogP contribution in [0, 0.1) is 20.8 Å². The Kier molecular flexibility index (Phi) is 5.79. The van der Waals surface area contributed by atoms with Gasteiger partial charge in [0.05, 0.1) is 17.7 Å². The van der Waals surface area contributed by atoms with Crippen molar-refractivity contribution in [2.75, 3.05) is 18.4 Å². The highest BCUT2D eigenvalue weighted by atomic mass is 16.2. The minimum Gasteiger partial charge on any atom is -0.367 e. The van der Waals surface area contributed by atoms with Crippen LogP contribution in [0.25, 0.3) is 5.82 Å². The number of anilines is 1. The Bertz CT molecular complexity index is 1150. The third-order valence-corrected chi connectivity index (χ3v) is 5.48. The highest BCUT2D eigenvalue weighted by Crippen LogP contribution is 2.38. The van der Waals surface area contributed by atoms with Gasteiger partial charge in [0, 0.05) is 30.8 Å². The SMILES string of the molecule is Cc1nn(-c2ccc(NCCNC(=O)Cn3cnc(C4CC4)cc3=O)nn2)c(C)c1C. The summed E-state index contributed by atoms with van der Waals surface area (Å²) in [5.41, 5.74) is 3.77. The summed E-state index contributed by atoms with van der Waals surface area (Å²) >= 11 is 0. The van der Waals surface area contributed by atoms with Crippen LogP contribution in [-0.4, -0.2) is 48.5 Å². The number of hydrogen-bond acceptors (Lipinski definition) is 7. The molecule has 4 rings (SSSR count). The molecule has 0 atom stereocenters. The van der Waals surface area contributed by atoms with Gasteiger partial charge in [-0.1, -0.05) is 0 Å². The van der Waals surface area contributed by atoms with E-state index in [1.54, 1.807) is 4.68 Å². The molecule has 2 N–H and O–H groups in total. The molecule has 0 spiro atoms. The molecule has 0 unspecified atom stereocenters. The van der Waals surface area contributed by atoms with Gasteiger partial charge < -0.3 is 10.6 Å². The van der Waals surface area contributed by atoms with Crippen LogP contribution in [0.5, 0.6) is 0 Å². The molecule has 3 aromatic rings. The van der Waals surface area contributed by atoms with Gasteiger partial charge in [-0.05, 0) is 51.3 Å². The van der Waals surface area contributed by atoms with Gasteiger partial charge in [0.15, 0.2) is 5.82 Å². The van der Waals surface area contributed by atoms with Crippen LogP contribution in [0.3, 0.4) is 0 Å². The number of rotatable bonds is 8. The van der Waals surface area contributed by atoms with Crippen molar-refractivity contribution in [2.24, 2.45) is 0 Å². The van der Waals surface area contributed by atoms with Crippen molar-refractivity contribution in [1.29, 1.82) is 0 Å². The normalized spacial score (nSPS) is 13.3. The van der Waals surface area contributed by atoms with Crippen LogP contribution in [-0.2, 0) is 11.3 Å². The molecular weight excluding hydrogens is 396 g/mol. The summed E-state index contributed by atoms with van der Waals surface area (Å²) < 4.78 is 3.09. The maximum atomic E-state index is 12.1. The molecule has 10 heteroatoms. The number of hydrogen-bond donors (Lipinski definition) is 2. The van der Waals surface area contributed by atoms with E-state index in [0.29, 0.717) is 30.6 Å². The monoisotopic (exact) mass is 422 g/mol. The van der Waals surface area contributed by atoms with E-state index in [0.717, 1.165) is 35.5 Å². The first-order valence-corrected chi connectivity index (χ1v) is 10.4. The van der Waals surface area contributed by atoms with Crippen LogP contribution in [0.2, 0.25) is 0 Å². The van der Waals surface area contributed by atoms with Crippen molar-refractivity contribution in [3.8, 4) is 5.82 Å². The molecule has 1 fully saturated rings. The number of nitrogens with one attached hydrogen (secondary N) is 2. The highest BCUT2D eigenvalue weighted by Gasteiger charge is 2.25. The minimum absolute atomic E-state index is 0.0483. The Morgan fingerprint density at radius 2 is 1.97 bits per heavy atom. The molecule has 162 valence electrons. The van der Waals surface area contributed by atoms with Gasteiger partial charge in [0.25, 0.3) is 5.56 Å². The first-order chi connectivity index (χ1) is 14.9. The van der Waals surface area contributed by atoms with Crippen molar-refractivity contribution in [1.82, 2.24) is 34.8 Å². The van der Waals surface area contributed by atoms with Crippen molar-refractivity contribution in [3.63, 3.8) is 0 Å². The Hall–Kier alpha value is -3.56. The molecule has 1 saturated carbocycles. The average molecular weight is 422 g/mol. The van der Waals surface area contributed by atoms with E-state index in [1.807, 2.05) is 32.9 Å². The van der Waals surface area contributed by atoms with Crippen molar-refractivity contribution in [3.05, 3.63) is 57.5 Å². The van der Waals surface area contributed by atoms with Crippen molar-refractivity contribution in [2.45, 2.75) is 46.1 Å². The molecule has 31 heavy (non-hydrogen) atoms. The molecule has 0 aliphatic heterocycles. The molecule has 1 aliphatic rings. The Labute approximate surface area is 179 Å². The van der Waals surface area contributed by atoms with E-state index in [2.05, 4.69) is 30.9 Å². The molecule has 3 aromatic heterocycles. The lowest BCUT2D eigenvalue weighted by Gasteiger charge is -2.09. The van der Waals surface area contributed by atoms with E-state index < -0.39 is 0 Å². The van der Waals surface area contributed by atoms with Gasteiger partial charge in [-0.25, -0.2) is 9.67 Å². The van der Waals surface area contributed by atoms with Gasteiger partial charge in [0.2, 0.25) is 5.91 Å². The molecular formula is C21H26N8O2. The lowest BCUT2D eigenvalue weighted by atomic mass is 10.2. The summed E-state index contributed by atoms with van der Waals surface area (Å²) in [5.74, 6) is 1.43. The second-order valence-corrected chi connectivity index (χ2v) is 7.82. The van der Waals surface area contributed by atoms with Crippen LogP contribution >= 0.6 is 0 Å². The first-order valence-electron chi connectivity index (χ1n) is 10.4. The zero-order valence-corrected chi connectivity index (χ0v) is 17.9. The topological polar surface area (TPSA) is 120 Å². The third kappa shape index (κ3) is 4.79. The van der Waals surface area contributed by atoms with E-state index >= 15 is 0 Å². The maximum absolute atomic E-state index is 12.1. The van der Waals surface area contributed by atoms with Crippen molar-refractivity contribution >= 4 is 11.7 Å². The van der Waals surface area contributed by atoms with Crippen LogP contribution < -0.4 is 16.2 Å². The van der Waals surface area contributed by atoms with Gasteiger partial charge in [-0.3, -0.25) is 14.2 Å². The van der Waals surface area contributed by atoms with Gasteiger partial charge in [-0.15, -0.1) is 10.2 Å². The van der Waals surface area contributed by atoms with Gasteiger partial charge in [0.1, 0.15) is 12.4 Å². The van der Waals surface area contributed by atoms with Gasteiger partial charge in [-0.2, -0.15) is 5.10 Å². The molecule has 0 aromatic carbocycles. The molecule has 1 aliphatic carbocycles. The third-order valence-electron chi connectivity index (χ3n) is 5.48. The van der Waals surface area contributed by atoms with Crippen LogP contribution in [0.15, 0.2) is 29.3 Å². The Balaban J connectivity index is 1.23. The van der Waals surface area contributed by atoms with E-state index in [9.17, 15) is 9.59 Å². The lowest BCUT2D eigenvalue weighted by Crippen LogP contribution is -2.35. The van der Waals surface area contributed by atoms with E-state index in [-0.39, 0.29) is 18.0 Å². The largest absolute Gasteiger partial charge is 0.367 e. The first kappa shape index (κ1) is 20.7. The Morgan fingerprint density at radius 1 is 1.16 bits per heavy atom. The summed E-state index contributed by atoms with van der Waals surface area (Å²) in [4.78, 5) is 28.5. The quantitative estimate of drug-likeness (QED) is 0.524. The fourth-order valence-corrected chi connectivity index (χ4v) is 3.24. The van der Waals surface area contributed by atoms with Crippen molar-refractivity contribution < 1.29 is 4.79 Å². The number of aromatic nitrogens is 6. The fraction of sp³-hybridized carbons (Fsp3) is 0.429. The van der Waals surface area contributed by atoms with E-state index in [4.69, 9.17) is 0 Å². The molecule has 10 nitrogen and oxygen atoms in total. The van der Waals surface area contributed by atoms with Crippen LogP contribution in [0.4, 0.5) is 5.82 Å². The smallest absolute Gasteiger partial charge is 0.254 e. The highest BCUT2D eigenvalue weighted by molar-refractivity contribution is 5.75.